The van der Waals surface area contributed by atoms with Gasteiger partial charge in [-0.05, 0) is 18.2 Å². The fraction of sp³-hybridized carbons (Fsp3) is 0.308. The molecule has 1 aromatic carbocycles. The zero-order chi connectivity index (χ0) is 13.2. The van der Waals surface area contributed by atoms with Crippen LogP contribution in [-0.2, 0) is 4.74 Å². The molecule has 0 saturated carbocycles. The lowest BCUT2D eigenvalue weighted by Gasteiger charge is -2.21. The average Bonchev–Trinajstić information content (AvgIpc) is 2.93. The average molecular weight is 319 g/mol. The third kappa shape index (κ3) is 3.15. The fourth-order valence-electron chi connectivity index (χ4n) is 1.96. The first kappa shape index (κ1) is 15.3. The first-order valence-corrected chi connectivity index (χ1v) is 6.84. The summed E-state index contributed by atoms with van der Waals surface area (Å²) in [7, 11) is 0. The molecule has 0 bridgehead atoms. The number of ether oxygens (including phenoxy) is 1. The van der Waals surface area contributed by atoms with Crippen molar-refractivity contribution in [3.63, 3.8) is 0 Å². The highest BCUT2D eigenvalue weighted by Gasteiger charge is 2.19. The van der Waals surface area contributed by atoms with E-state index in [1.54, 1.807) is 0 Å². The predicted octanol–water partition coefficient (Wildman–Crippen LogP) is 3.17. The standard InChI is InChI=1S/C13H12F2N2OS.ClH/c14-9-2-1-8(5-10(9)15)12-7-19-13(17-12)11-6-18-4-3-16-11;/h1-2,5,7,11,16H,3-4,6H2;1H. The van der Waals surface area contributed by atoms with Gasteiger partial charge in [0.05, 0.1) is 24.9 Å². The van der Waals surface area contributed by atoms with E-state index in [0.717, 1.165) is 17.6 Å². The van der Waals surface area contributed by atoms with Gasteiger partial charge >= 0.3 is 0 Å². The van der Waals surface area contributed by atoms with Crippen LogP contribution in [0.25, 0.3) is 11.3 Å². The van der Waals surface area contributed by atoms with Gasteiger partial charge in [-0.15, -0.1) is 23.7 Å². The molecule has 2 heterocycles. The van der Waals surface area contributed by atoms with Crippen LogP contribution >= 0.6 is 23.7 Å². The van der Waals surface area contributed by atoms with Gasteiger partial charge in [-0.2, -0.15) is 0 Å². The summed E-state index contributed by atoms with van der Waals surface area (Å²) in [4.78, 5) is 4.46. The molecule has 1 aliphatic rings. The number of nitrogens with zero attached hydrogens (tertiary/aromatic N) is 1. The summed E-state index contributed by atoms with van der Waals surface area (Å²) in [6.45, 7) is 2.09. The summed E-state index contributed by atoms with van der Waals surface area (Å²) in [6, 6.07) is 3.89. The number of hydrogen-bond donors (Lipinski definition) is 1. The number of aromatic nitrogens is 1. The van der Waals surface area contributed by atoms with Gasteiger partial charge in [-0.1, -0.05) is 0 Å². The smallest absolute Gasteiger partial charge is 0.159 e. The Labute approximate surface area is 125 Å². The molecule has 1 aliphatic heterocycles. The first-order valence-electron chi connectivity index (χ1n) is 5.96. The molecule has 3 nitrogen and oxygen atoms in total. The van der Waals surface area contributed by atoms with E-state index in [9.17, 15) is 8.78 Å². The van der Waals surface area contributed by atoms with Gasteiger partial charge in [0.15, 0.2) is 11.6 Å². The van der Waals surface area contributed by atoms with E-state index < -0.39 is 11.6 Å². The van der Waals surface area contributed by atoms with E-state index in [-0.39, 0.29) is 18.4 Å². The van der Waals surface area contributed by atoms with Gasteiger partial charge in [0.25, 0.3) is 0 Å². The molecule has 0 radical (unpaired) electrons. The lowest BCUT2D eigenvalue weighted by atomic mass is 10.1. The highest BCUT2D eigenvalue weighted by molar-refractivity contribution is 7.10. The highest BCUT2D eigenvalue weighted by Crippen LogP contribution is 2.27. The van der Waals surface area contributed by atoms with Gasteiger partial charge in [0.1, 0.15) is 5.01 Å². The summed E-state index contributed by atoms with van der Waals surface area (Å²) in [5.41, 5.74) is 1.24. The number of thiazole rings is 1. The van der Waals surface area contributed by atoms with Crippen molar-refractivity contribution in [2.75, 3.05) is 19.8 Å². The predicted molar refractivity (Wildman–Crippen MR) is 76.3 cm³/mol. The van der Waals surface area contributed by atoms with Gasteiger partial charge in [0.2, 0.25) is 0 Å². The molecule has 0 amide bonds. The molecule has 20 heavy (non-hydrogen) atoms. The maximum atomic E-state index is 13.2. The lowest BCUT2D eigenvalue weighted by Crippen LogP contribution is -2.34. The van der Waals surface area contributed by atoms with Gasteiger partial charge < -0.3 is 10.1 Å². The maximum Gasteiger partial charge on any atom is 0.159 e. The SMILES string of the molecule is Cl.Fc1ccc(-c2csc(C3COCCN3)n2)cc1F. The zero-order valence-electron chi connectivity index (χ0n) is 10.4. The quantitative estimate of drug-likeness (QED) is 0.923. The van der Waals surface area contributed by atoms with Crippen LogP contribution in [0.1, 0.15) is 11.0 Å². The Hall–Kier alpha value is -1.08. The molecule has 0 spiro atoms. The van der Waals surface area contributed by atoms with Crippen molar-refractivity contribution >= 4 is 23.7 Å². The van der Waals surface area contributed by atoms with Crippen molar-refractivity contribution < 1.29 is 13.5 Å². The summed E-state index contributed by atoms with van der Waals surface area (Å²) >= 11 is 1.49. The molecule has 3 rings (SSSR count). The number of hydrogen-bond acceptors (Lipinski definition) is 4. The summed E-state index contributed by atoms with van der Waals surface area (Å²) in [5.74, 6) is -1.70. The Morgan fingerprint density at radius 1 is 1.30 bits per heavy atom. The molecule has 108 valence electrons. The summed E-state index contributed by atoms with van der Waals surface area (Å²) in [6.07, 6.45) is 0. The van der Waals surface area contributed by atoms with E-state index in [0.29, 0.717) is 24.5 Å². The molecule has 1 aromatic heterocycles. The van der Waals surface area contributed by atoms with Crippen molar-refractivity contribution in [1.29, 1.82) is 0 Å². The van der Waals surface area contributed by atoms with Crippen LogP contribution in [0.4, 0.5) is 8.78 Å². The monoisotopic (exact) mass is 318 g/mol. The van der Waals surface area contributed by atoms with Crippen LogP contribution in [0.3, 0.4) is 0 Å². The van der Waals surface area contributed by atoms with E-state index in [2.05, 4.69) is 10.3 Å². The Bertz CT molecular complexity index is 588. The Morgan fingerprint density at radius 3 is 2.85 bits per heavy atom. The fourth-order valence-corrected chi connectivity index (χ4v) is 2.85. The number of halogens is 3. The Balaban J connectivity index is 0.00000147. The molecule has 0 aliphatic carbocycles. The highest BCUT2D eigenvalue weighted by atomic mass is 35.5. The van der Waals surface area contributed by atoms with Crippen molar-refractivity contribution in [3.8, 4) is 11.3 Å². The lowest BCUT2D eigenvalue weighted by molar-refractivity contribution is 0.0768. The van der Waals surface area contributed by atoms with Crippen LogP contribution in [0.15, 0.2) is 23.6 Å². The number of morpholine rings is 1. The molecule has 1 N–H and O–H groups in total. The topological polar surface area (TPSA) is 34.1 Å². The second kappa shape index (κ2) is 6.58. The normalized spacial score (nSPS) is 18.6. The van der Waals surface area contributed by atoms with E-state index in [4.69, 9.17) is 4.74 Å². The molecule has 7 heteroatoms. The molecule has 1 atom stereocenters. The molecule has 1 saturated heterocycles. The van der Waals surface area contributed by atoms with Crippen molar-refractivity contribution in [3.05, 3.63) is 40.2 Å². The Kier molecular flexibility index (Phi) is 5.04. The van der Waals surface area contributed by atoms with Crippen LogP contribution < -0.4 is 5.32 Å². The second-order valence-corrected chi connectivity index (χ2v) is 5.17. The van der Waals surface area contributed by atoms with Crippen LogP contribution in [0.2, 0.25) is 0 Å². The number of benzene rings is 1. The maximum absolute atomic E-state index is 13.2. The summed E-state index contributed by atoms with van der Waals surface area (Å²) < 4.78 is 31.5. The van der Waals surface area contributed by atoms with Gasteiger partial charge in [-0.25, -0.2) is 13.8 Å². The third-order valence-electron chi connectivity index (χ3n) is 2.96. The van der Waals surface area contributed by atoms with Crippen LogP contribution in [-0.4, -0.2) is 24.7 Å². The second-order valence-electron chi connectivity index (χ2n) is 4.28. The van der Waals surface area contributed by atoms with Crippen LogP contribution in [0, 0.1) is 11.6 Å². The minimum atomic E-state index is -0.855. The van der Waals surface area contributed by atoms with Gasteiger partial charge in [0, 0.05) is 17.5 Å². The molecule has 1 fully saturated rings. The number of nitrogens with one attached hydrogen (secondary N) is 1. The number of rotatable bonds is 2. The first-order chi connectivity index (χ1) is 9.24. The molecule has 2 aromatic rings. The van der Waals surface area contributed by atoms with E-state index >= 15 is 0 Å². The third-order valence-corrected chi connectivity index (χ3v) is 3.92. The molecular weight excluding hydrogens is 306 g/mol. The van der Waals surface area contributed by atoms with Crippen molar-refractivity contribution in [1.82, 2.24) is 10.3 Å². The Morgan fingerprint density at radius 2 is 2.15 bits per heavy atom. The minimum absolute atomic E-state index is 0. The molecule has 1 unspecified atom stereocenters. The van der Waals surface area contributed by atoms with Crippen molar-refractivity contribution in [2.24, 2.45) is 0 Å². The summed E-state index contributed by atoms with van der Waals surface area (Å²) in [5, 5.41) is 6.06. The van der Waals surface area contributed by atoms with Crippen LogP contribution in [0.5, 0.6) is 0 Å². The van der Waals surface area contributed by atoms with Crippen molar-refractivity contribution in [2.45, 2.75) is 6.04 Å². The molecular formula is C13H13ClF2N2OS. The van der Waals surface area contributed by atoms with Gasteiger partial charge in [-0.3, -0.25) is 0 Å². The van der Waals surface area contributed by atoms with E-state index in [1.165, 1.54) is 23.5 Å². The largest absolute Gasteiger partial charge is 0.378 e. The van der Waals surface area contributed by atoms with E-state index in [1.807, 2.05) is 5.38 Å². The zero-order valence-corrected chi connectivity index (χ0v) is 12.1. The minimum Gasteiger partial charge on any atom is -0.378 e.